The lowest BCUT2D eigenvalue weighted by Crippen LogP contribution is -2.47. The molecule has 2 heterocycles. The van der Waals surface area contributed by atoms with Gasteiger partial charge in [-0.25, -0.2) is 9.78 Å². The molecule has 0 unspecified atom stereocenters. The first-order valence-electron chi connectivity index (χ1n) is 10.8. The standard InChI is InChI=1S/C22H34N6O3/c1-5-12-24-18-16(15-26-20(23)27-18)10-7-6-8-13-25-19(29)17-11-9-14-28(17)21(30)31-22(2,3)4/h15,17H,5-6,8-9,11-14H2,1-4H3,(H,25,29)(H3,23,24,26,27)/t17-/m0/s1. The van der Waals surface area contributed by atoms with Gasteiger partial charge in [0.05, 0.1) is 11.8 Å². The second kappa shape index (κ2) is 11.4. The normalized spacial score (nSPS) is 15.7. The van der Waals surface area contributed by atoms with E-state index in [1.807, 2.05) is 20.8 Å². The number of likely N-dealkylation sites (tertiary alicyclic amines) is 1. The molecule has 170 valence electrons. The van der Waals surface area contributed by atoms with Crippen molar-refractivity contribution in [3.63, 3.8) is 0 Å². The summed E-state index contributed by atoms with van der Waals surface area (Å²) >= 11 is 0. The van der Waals surface area contributed by atoms with E-state index in [0.717, 1.165) is 19.4 Å². The van der Waals surface area contributed by atoms with Crippen molar-refractivity contribution in [2.75, 3.05) is 30.7 Å². The molecule has 0 aromatic carbocycles. The Labute approximate surface area is 184 Å². The molecule has 4 N–H and O–H groups in total. The third kappa shape index (κ3) is 7.96. The molecule has 2 amide bonds. The van der Waals surface area contributed by atoms with E-state index < -0.39 is 17.7 Å². The average molecular weight is 431 g/mol. The van der Waals surface area contributed by atoms with Gasteiger partial charge < -0.3 is 21.1 Å². The maximum atomic E-state index is 12.5. The van der Waals surface area contributed by atoms with Gasteiger partial charge in [0.15, 0.2) is 0 Å². The Kier molecular flexibility index (Phi) is 8.91. The number of rotatable bonds is 7. The van der Waals surface area contributed by atoms with Crippen LogP contribution >= 0.6 is 0 Å². The van der Waals surface area contributed by atoms with Crippen molar-refractivity contribution in [3.05, 3.63) is 11.8 Å². The van der Waals surface area contributed by atoms with Crippen molar-refractivity contribution in [2.45, 2.75) is 71.4 Å². The summed E-state index contributed by atoms with van der Waals surface area (Å²) in [7, 11) is 0. The zero-order chi connectivity index (χ0) is 22.9. The van der Waals surface area contributed by atoms with Crippen LogP contribution in [0.25, 0.3) is 0 Å². The molecule has 9 heteroatoms. The zero-order valence-electron chi connectivity index (χ0n) is 19.0. The number of carbonyl (C=O) groups excluding carboxylic acids is 2. The maximum Gasteiger partial charge on any atom is 0.410 e. The van der Waals surface area contributed by atoms with Gasteiger partial charge in [-0.3, -0.25) is 9.69 Å². The van der Waals surface area contributed by atoms with E-state index >= 15 is 0 Å². The van der Waals surface area contributed by atoms with Crippen LogP contribution in [0.5, 0.6) is 0 Å². The summed E-state index contributed by atoms with van der Waals surface area (Å²) in [5, 5.41) is 6.10. The number of anilines is 2. The molecule has 1 aromatic heterocycles. The number of hydrogen-bond acceptors (Lipinski definition) is 7. The largest absolute Gasteiger partial charge is 0.444 e. The Hall–Kier alpha value is -3.02. The fourth-order valence-electron chi connectivity index (χ4n) is 3.11. The minimum Gasteiger partial charge on any atom is -0.444 e. The number of hydrogen-bond donors (Lipinski definition) is 3. The van der Waals surface area contributed by atoms with Crippen molar-refractivity contribution in [2.24, 2.45) is 0 Å². The lowest BCUT2D eigenvalue weighted by Gasteiger charge is -2.28. The van der Waals surface area contributed by atoms with Crippen molar-refractivity contribution in [3.8, 4) is 11.8 Å². The highest BCUT2D eigenvalue weighted by Gasteiger charge is 2.36. The number of ether oxygens (including phenoxy) is 1. The van der Waals surface area contributed by atoms with Gasteiger partial charge in [-0.1, -0.05) is 18.8 Å². The highest BCUT2D eigenvalue weighted by molar-refractivity contribution is 5.86. The molecule has 0 spiro atoms. The quantitative estimate of drug-likeness (QED) is 0.449. The third-order valence-corrected chi connectivity index (χ3v) is 4.53. The second-order valence-corrected chi connectivity index (χ2v) is 8.45. The molecule has 1 atom stereocenters. The number of unbranched alkanes of at least 4 members (excludes halogenated alkanes) is 1. The van der Waals surface area contributed by atoms with Crippen LogP contribution in [-0.2, 0) is 9.53 Å². The molecule has 0 radical (unpaired) electrons. The number of nitrogens with zero attached hydrogens (tertiary/aromatic N) is 3. The molecule has 1 aliphatic rings. The van der Waals surface area contributed by atoms with Crippen molar-refractivity contribution >= 4 is 23.8 Å². The molecule has 2 rings (SSSR count). The molecule has 1 fully saturated rings. The van der Waals surface area contributed by atoms with Gasteiger partial charge in [0.25, 0.3) is 0 Å². The Morgan fingerprint density at radius 3 is 2.84 bits per heavy atom. The van der Waals surface area contributed by atoms with Crippen LogP contribution in [-0.4, -0.2) is 58.1 Å². The first kappa shape index (κ1) is 24.3. The number of nitrogens with two attached hydrogens (primary N) is 1. The fraction of sp³-hybridized carbons (Fsp3) is 0.636. The molecular weight excluding hydrogens is 396 g/mol. The van der Waals surface area contributed by atoms with Crippen LogP contribution < -0.4 is 16.4 Å². The van der Waals surface area contributed by atoms with Gasteiger partial charge in [0.1, 0.15) is 17.5 Å². The second-order valence-electron chi connectivity index (χ2n) is 8.45. The summed E-state index contributed by atoms with van der Waals surface area (Å²) in [6.07, 6.45) is 4.89. The molecule has 0 aliphatic carbocycles. The van der Waals surface area contributed by atoms with Crippen molar-refractivity contribution < 1.29 is 14.3 Å². The summed E-state index contributed by atoms with van der Waals surface area (Å²) in [4.78, 5) is 34.6. The number of amides is 2. The summed E-state index contributed by atoms with van der Waals surface area (Å²) in [5.41, 5.74) is 5.77. The Morgan fingerprint density at radius 1 is 1.35 bits per heavy atom. The zero-order valence-corrected chi connectivity index (χ0v) is 19.0. The number of aromatic nitrogens is 2. The fourth-order valence-corrected chi connectivity index (χ4v) is 3.11. The molecule has 1 aromatic rings. The van der Waals surface area contributed by atoms with Gasteiger partial charge in [-0.05, 0) is 46.5 Å². The highest BCUT2D eigenvalue weighted by atomic mass is 16.6. The van der Waals surface area contributed by atoms with Crippen LogP contribution in [0.15, 0.2) is 6.20 Å². The van der Waals surface area contributed by atoms with Crippen LogP contribution in [0.3, 0.4) is 0 Å². The van der Waals surface area contributed by atoms with Gasteiger partial charge in [0.2, 0.25) is 11.9 Å². The lowest BCUT2D eigenvalue weighted by molar-refractivity contribution is -0.125. The van der Waals surface area contributed by atoms with E-state index in [1.54, 1.807) is 6.20 Å². The minimum atomic E-state index is -0.583. The van der Waals surface area contributed by atoms with Crippen LogP contribution in [0.1, 0.15) is 65.4 Å². The maximum absolute atomic E-state index is 12.5. The summed E-state index contributed by atoms with van der Waals surface area (Å²) < 4.78 is 5.41. The summed E-state index contributed by atoms with van der Waals surface area (Å²) in [6, 6.07) is -0.472. The van der Waals surface area contributed by atoms with E-state index in [0.29, 0.717) is 43.7 Å². The van der Waals surface area contributed by atoms with Crippen LogP contribution in [0.4, 0.5) is 16.6 Å². The first-order chi connectivity index (χ1) is 14.7. The lowest BCUT2D eigenvalue weighted by atomic mass is 10.2. The molecular formula is C22H34N6O3. The molecule has 0 bridgehead atoms. The van der Waals surface area contributed by atoms with Crippen LogP contribution in [0.2, 0.25) is 0 Å². The smallest absolute Gasteiger partial charge is 0.410 e. The predicted molar refractivity (Wildman–Crippen MR) is 120 cm³/mol. The number of carbonyl (C=O) groups is 2. The van der Waals surface area contributed by atoms with Crippen molar-refractivity contribution in [1.82, 2.24) is 20.2 Å². The van der Waals surface area contributed by atoms with Crippen molar-refractivity contribution in [1.29, 1.82) is 0 Å². The van der Waals surface area contributed by atoms with Gasteiger partial charge in [0, 0.05) is 26.1 Å². The molecule has 31 heavy (non-hydrogen) atoms. The first-order valence-corrected chi connectivity index (χ1v) is 10.8. The monoisotopic (exact) mass is 430 g/mol. The predicted octanol–water partition coefficient (Wildman–Crippen LogP) is 2.53. The number of nitrogens with one attached hydrogen (secondary N) is 2. The summed E-state index contributed by atoms with van der Waals surface area (Å²) in [6.45, 7) is 9.32. The molecule has 0 saturated carbocycles. The van der Waals surface area contributed by atoms with E-state index in [-0.39, 0.29) is 11.9 Å². The van der Waals surface area contributed by atoms with Crippen LogP contribution in [0, 0.1) is 11.8 Å². The highest BCUT2D eigenvalue weighted by Crippen LogP contribution is 2.21. The third-order valence-electron chi connectivity index (χ3n) is 4.53. The Bertz CT molecular complexity index is 825. The SMILES string of the molecule is CCCNc1nc(N)ncc1C#CCCCNC(=O)[C@@H]1CCCN1C(=O)OC(C)(C)C. The van der Waals surface area contributed by atoms with Gasteiger partial charge in [-0.2, -0.15) is 4.98 Å². The molecule has 1 aliphatic heterocycles. The van der Waals surface area contributed by atoms with E-state index in [4.69, 9.17) is 10.5 Å². The van der Waals surface area contributed by atoms with E-state index in [2.05, 4.69) is 39.4 Å². The van der Waals surface area contributed by atoms with E-state index in [9.17, 15) is 9.59 Å². The Balaban J connectivity index is 1.80. The average Bonchev–Trinajstić information content (AvgIpc) is 3.19. The summed E-state index contributed by atoms with van der Waals surface area (Å²) in [5.74, 6) is 6.85. The van der Waals surface area contributed by atoms with E-state index in [1.165, 1.54) is 4.90 Å². The molecule has 1 saturated heterocycles. The Morgan fingerprint density at radius 2 is 2.13 bits per heavy atom. The number of nitrogen functional groups attached to an aromatic ring is 1. The van der Waals surface area contributed by atoms with Gasteiger partial charge >= 0.3 is 6.09 Å². The topological polar surface area (TPSA) is 122 Å². The van der Waals surface area contributed by atoms with Gasteiger partial charge in [-0.15, -0.1) is 0 Å². The molecule has 9 nitrogen and oxygen atoms in total. The minimum absolute atomic E-state index is 0.144.